The minimum Gasteiger partial charge on any atom is -0.374 e. The molecular weight excluding hydrogens is 138 g/mol. The van der Waals surface area contributed by atoms with Crippen LogP contribution in [0.4, 0.5) is 0 Å². The third-order valence-electron chi connectivity index (χ3n) is 1.89. The van der Waals surface area contributed by atoms with Crippen LogP contribution in [0.3, 0.4) is 0 Å². The van der Waals surface area contributed by atoms with Gasteiger partial charge in [0.25, 0.3) is 0 Å². The Kier molecular flexibility index (Phi) is 4.69. The first-order valence-corrected chi connectivity index (χ1v) is 4.32. The van der Waals surface area contributed by atoms with Gasteiger partial charge >= 0.3 is 0 Å². The summed E-state index contributed by atoms with van der Waals surface area (Å²) in [5.41, 5.74) is 0.0399. The SMILES string of the molecule is CCOC(C)(CC)CN(C)C. The van der Waals surface area contributed by atoms with Crippen LogP contribution in [-0.4, -0.2) is 37.7 Å². The molecule has 0 N–H and O–H groups in total. The Morgan fingerprint density at radius 2 is 1.82 bits per heavy atom. The summed E-state index contributed by atoms with van der Waals surface area (Å²) < 4.78 is 5.65. The molecule has 0 fully saturated rings. The fourth-order valence-electron chi connectivity index (χ4n) is 1.28. The summed E-state index contributed by atoms with van der Waals surface area (Å²) in [6.45, 7) is 8.18. The number of hydrogen-bond acceptors (Lipinski definition) is 2. The molecule has 0 heterocycles. The Morgan fingerprint density at radius 3 is 2.09 bits per heavy atom. The highest BCUT2D eigenvalue weighted by Crippen LogP contribution is 2.15. The van der Waals surface area contributed by atoms with E-state index in [-0.39, 0.29) is 5.60 Å². The first kappa shape index (κ1) is 10.9. The van der Waals surface area contributed by atoms with Gasteiger partial charge in [-0.2, -0.15) is 0 Å². The van der Waals surface area contributed by atoms with Crippen molar-refractivity contribution >= 4 is 0 Å². The summed E-state index contributed by atoms with van der Waals surface area (Å²) in [5, 5.41) is 0. The van der Waals surface area contributed by atoms with Gasteiger partial charge < -0.3 is 9.64 Å². The van der Waals surface area contributed by atoms with Gasteiger partial charge in [0, 0.05) is 13.2 Å². The van der Waals surface area contributed by atoms with Crippen molar-refractivity contribution in [2.75, 3.05) is 27.2 Å². The summed E-state index contributed by atoms with van der Waals surface area (Å²) in [7, 11) is 4.15. The lowest BCUT2D eigenvalue weighted by Gasteiger charge is -2.31. The van der Waals surface area contributed by atoms with E-state index in [1.807, 2.05) is 6.92 Å². The Hall–Kier alpha value is -0.0800. The molecule has 0 saturated heterocycles. The average Bonchev–Trinajstić information content (AvgIpc) is 1.87. The smallest absolute Gasteiger partial charge is 0.0777 e. The lowest BCUT2D eigenvalue weighted by molar-refractivity contribution is -0.0426. The molecule has 0 aliphatic carbocycles. The molecule has 0 saturated carbocycles. The lowest BCUT2D eigenvalue weighted by atomic mass is 10.0. The maximum Gasteiger partial charge on any atom is 0.0777 e. The summed E-state index contributed by atoms with van der Waals surface area (Å²) in [5.74, 6) is 0. The Balaban J connectivity index is 3.87. The third kappa shape index (κ3) is 4.38. The molecule has 0 spiro atoms. The molecule has 0 aliphatic heterocycles. The van der Waals surface area contributed by atoms with E-state index in [1.165, 1.54) is 0 Å². The molecule has 1 unspecified atom stereocenters. The Labute approximate surface area is 70.5 Å². The van der Waals surface area contributed by atoms with Crippen molar-refractivity contribution in [3.63, 3.8) is 0 Å². The quantitative estimate of drug-likeness (QED) is 0.606. The maximum atomic E-state index is 5.65. The highest BCUT2D eigenvalue weighted by atomic mass is 16.5. The van der Waals surface area contributed by atoms with Crippen LogP contribution in [0, 0.1) is 0 Å². The highest BCUT2D eigenvalue weighted by Gasteiger charge is 2.22. The van der Waals surface area contributed by atoms with Gasteiger partial charge in [-0.05, 0) is 34.4 Å². The van der Waals surface area contributed by atoms with Crippen LogP contribution in [-0.2, 0) is 4.74 Å². The van der Waals surface area contributed by atoms with Crippen molar-refractivity contribution < 1.29 is 4.74 Å². The van der Waals surface area contributed by atoms with Gasteiger partial charge in [-0.3, -0.25) is 0 Å². The average molecular weight is 159 g/mol. The summed E-state index contributed by atoms with van der Waals surface area (Å²) in [6, 6.07) is 0. The first-order chi connectivity index (χ1) is 5.04. The molecule has 0 bridgehead atoms. The third-order valence-corrected chi connectivity index (χ3v) is 1.89. The molecule has 0 aromatic rings. The van der Waals surface area contributed by atoms with Crippen LogP contribution in [0.15, 0.2) is 0 Å². The molecule has 0 aromatic heterocycles. The van der Waals surface area contributed by atoms with Crippen LogP contribution in [0.1, 0.15) is 27.2 Å². The zero-order valence-electron chi connectivity index (χ0n) is 8.48. The fraction of sp³-hybridized carbons (Fsp3) is 1.00. The van der Waals surface area contributed by atoms with E-state index in [0.717, 1.165) is 19.6 Å². The molecule has 0 aromatic carbocycles. The zero-order chi connectivity index (χ0) is 8.91. The van der Waals surface area contributed by atoms with Gasteiger partial charge in [-0.25, -0.2) is 0 Å². The zero-order valence-corrected chi connectivity index (χ0v) is 8.48. The molecule has 68 valence electrons. The lowest BCUT2D eigenvalue weighted by Crippen LogP contribution is -2.39. The van der Waals surface area contributed by atoms with Crippen LogP contribution < -0.4 is 0 Å². The molecule has 11 heavy (non-hydrogen) atoms. The van der Waals surface area contributed by atoms with Crippen LogP contribution in [0.5, 0.6) is 0 Å². The second-order valence-corrected chi connectivity index (χ2v) is 3.47. The summed E-state index contributed by atoms with van der Waals surface area (Å²) in [6.07, 6.45) is 1.07. The van der Waals surface area contributed by atoms with E-state index in [2.05, 4.69) is 32.8 Å². The van der Waals surface area contributed by atoms with Crippen LogP contribution in [0.2, 0.25) is 0 Å². The highest BCUT2D eigenvalue weighted by molar-refractivity contribution is 4.75. The van der Waals surface area contributed by atoms with Gasteiger partial charge in [0.1, 0.15) is 0 Å². The van der Waals surface area contributed by atoms with Gasteiger partial charge in [0.15, 0.2) is 0 Å². The molecule has 0 rings (SSSR count). The maximum absolute atomic E-state index is 5.65. The molecular formula is C9H21NO. The molecule has 2 nitrogen and oxygen atoms in total. The molecule has 2 heteroatoms. The Bertz CT molecular complexity index is 104. The van der Waals surface area contributed by atoms with E-state index in [1.54, 1.807) is 0 Å². The monoisotopic (exact) mass is 159 g/mol. The van der Waals surface area contributed by atoms with Crippen molar-refractivity contribution in [3.05, 3.63) is 0 Å². The second-order valence-electron chi connectivity index (χ2n) is 3.47. The fourth-order valence-corrected chi connectivity index (χ4v) is 1.28. The van der Waals surface area contributed by atoms with Gasteiger partial charge in [0.2, 0.25) is 0 Å². The molecule has 0 amide bonds. The Morgan fingerprint density at radius 1 is 1.27 bits per heavy atom. The first-order valence-electron chi connectivity index (χ1n) is 4.32. The molecule has 0 radical (unpaired) electrons. The van der Waals surface area contributed by atoms with Gasteiger partial charge in [0.05, 0.1) is 5.60 Å². The predicted octanol–water partition coefficient (Wildman–Crippen LogP) is 1.75. The van der Waals surface area contributed by atoms with Gasteiger partial charge in [-0.15, -0.1) is 0 Å². The second kappa shape index (κ2) is 4.73. The largest absolute Gasteiger partial charge is 0.374 e. The van der Waals surface area contributed by atoms with E-state index in [9.17, 15) is 0 Å². The van der Waals surface area contributed by atoms with E-state index >= 15 is 0 Å². The molecule has 0 aliphatic rings. The number of likely N-dealkylation sites (N-methyl/N-ethyl adjacent to an activating group) is 1. The van der Waals surface area contributed by atoms with Crippen LogP contribution in [0.25, 0.3) is 0 Å². The van der Waals surface area contributed by atoms with E-state index < -0.39 is 0 Å². The summed E-state index contributed by atoms with van der Waals surface area (Å²) >= 11 is 0. The molecule has 1 atom stereocenters. The predicted molar refractivity (Wildman–Crippen MR) is 48.9 cm³/mol. The summed E-state index contributed by atoms with van der Waals surface area (Å²) in [4.78, 5) is 2.17. The van der Waals surface area contributed by atoms with Crippen molar-refractivity contribution in [1.29, 1.82) is 0 Å². The van der Waals surface area contributed by atoms with Gasteiger partial charge in [-0.1, -0.05) is 6.92 Å². The van der Waals surface area contributed by atoms with Crippen molar-refractivity contribution in [2.45, 2.75) is 32.8 Å². The van der Waals surface area contributed by atoms with Crippen molar-refractivity contribution in [2.24, 2.45) is 0 Å². The minimum absolute atomic E-state index is 0.0399. The van der Waals surface area contributed by atoms with Crippen LogP contribution >= 0.6 is 0 Å². The minimum atomic E-state index is 0.0399. The van der Waals surface area contributed by atoms with E-state index in [4.69, 9.17) is 4.74 Å². The topological polar surface area (TPSA) is 12.5 Å². The number of rotatable bonds is 5. The normalized spacial score (nSPS) is 16.9. The van der Waals surface area contributed by atoms with E-state index in [0.29, 0.717) is 0 Å². The number of nitrogens with zero attached hydrogens (tertiary/aromatic N) is 1. The number of ether oxygens (including phenoxy) is 1. The number of hydrogen-bond donors (Lipinski definition) is 0. The van der Waals surface area contributed by atoms with Crippen molar-refractivity contribution in [3.8, 4) is 0 Å². The standard InChI is InChI=1S/C9H21NO/c1-6-9(3,11-7-2)8-10(4)5/h6-8H2,1-5H3. The van der Waals surface area contributed by atoms with Crippen molar-refractivity contribution in [1.82, 2.24) is 4.90 Å².